The molecule has 0 spiro atoms. The van der Waals surface area contributed by atoms with E-state index in [1.807, 2.05) is 0 Å². The Labute approximate surface area is 102 Å². The molecule has 0 bridgehead atoms. The molecule has 1 saturated heterocycles. The second-order valence-corrected chi connectivity index (χ2v) is 8.72. The molecule has 16 heavy (non-hydrogen) atoms. The van der Waals surface area contributed by atoms with Crippen LogP contribution in [0.2, 0.25) is 0 Å². The van der Waals surface area contributed by atoms with Crippen LogP contribution in [0.15, 0.2) is 24.3 Å². The Morgan fingerprint density at radius 2 is 1.31 bits per heavy atom. The van der Waals surface area contributed by atoms with Gasteiger partial charge in [-0.05, 0) is 36.0 Å². The Balaban J connectivity index is 2.18. The second-order valence-electron chi connectivity index (χ2n) is 5.91. The summed E-state index contributed by atoms with van der Waals surface area (Å²) in [6.07, 6.45) is 12.3. The van der Waals surface area contributed by atoms with E-state index >= 15 is 0 Å². The predicted molar refractivity (Wildman–Crippen MR) is 75.5 cm³/mol. The van der Waals surface area contributed by atoms with Crippen LogP contribution in [0.25, 0.3) is 0 Å². The lowest BCUT2D eigenvalue weighted by molar-refractivity contribution is 0.543. The summed E-state index contributed by atoms with van der Waals surface area (Å²) in [5.74, 6) is 1.74. The van der Waals surface area contributed by atoms with Crippen LogP contribution in [0.1, 0.15) is 40.5 Å². The molecule has 0 saturated carbocycles. The van der Waals surface area contributed by atoms with Gasteiger partial charge in [-0.15, -0.1) is 0 Å². The van der Waals surface area contributed by atoms with Crippen molar-refractivity contribution in [1.82, 2.24) is 0 Å². The third-order valence-electron chi connectivity index (χ3n) is 4.14. The van der Waals surface area contributed by atoms with E-state index < -0.39 is 0 Å². The second kappa shape index (κ2) is 5.05. The Morgan fingerprint density at radius 3 is 1.69 bits per heavy atom. The van der Waals surface area contributed by atoms with Crippen molar-refractivity contribution in [1.29, 1.82) is 0 Å². The van der Waals surface area contributed by atoms with Crippen LogP contribution in [0.3, 0.4) is 0 Å². The first-order chi connectivity index (χ1) is 7.61. The molecule has 1 aliphatic heterocycles. The predicted octanol–water partition coefficient (Wildman–Crippen LogP) is 4.81. The van der Waals surface area contributed by atoms with Crippen molar-refractivity contribution in [3.8, 4) is 0 Å². The highest BCUT2D eigenvalue weighted by atomic mass is 31.1. The summed E-state index contributed by atoms with van der Waals surface area (Å²) in [5.41, 5.74) is 2.79. The molecule has 0 aromatic rings. The van der Waals surface area contributed by atoms with Crippen molar-refractivity contribution in [2.75, 3.05) is 0 Å². The summed E-state index contributed by atoms with van der Waals surface area (Å²) in [4.78, 5) is 0. The fourth-order valence-electron chi connectivity index (χ4n) is 3.30. The molecule has 2 atom stereocenters. The lowest BCUT2D eigenvalue weighted by atomic mass is 10.0. The number of hydrogen-bond acceptors (Lipinski definition) is 0. The van der Waals surface area contributed by atoms with Crippen LogP contribution in [0.4, 0.5) is 0 Å². The molecule has 0 N–H and O–H groups in total. The quantitative estimate of drug-likeness (QED) is 0.617. The van der Waals surface area contributed by atoms with Crippen molar-refractivity contribution in [3.05, 3.63) is 24.3 Å². The first-order valence-electron chi connectivity index (χ1n) is 6.73. The molecule has 1 aliphatic carbocycles. The lowest BCUT2D eigenvalue weighted by Crippen LogP contribution is -2.19. The number of rotatable bonds is 3. The Kier molecular flexibility index (Phi) is 3.90. The summed E-state index contributed by atoms with van der Waals surface area (Å²) in [5, 5.41) is 0. The largest absolute Gasteiger partial charge is 0.0888 e. The van der Waals surface area contributed by atoms with Gasteiger partial charge >= 0.3 is 0 Å². The topological polar surface area (TPSA) is 0 Å². The molecule has 0 aromatic heterocycles. The van der Waals surface area contributed by atoms with Crippen LogP contribution < -0.4 is 0 Å². The Bertz CT molecular complexity index is 260. The number of hydrogen-bond donors (Lipinski definition) is 0. The Hall–Kier alpha value is -0.0900. The average Bonchev–Trinajstić information content (AvgIpc) is 2.85. The molecule has 0 radical (unpaired) electrons. The first kappa shape index (κ1) is 12.4. The van der Waals surface area contributed by atoms with Crippen molar-refractivity contribution >= 4 is 7.92 Å². The fraction of sp³-hybridized carbons (Fsp3) is 0.733. The van der Waals surface area contributed by atoms with Crippen molar-refractivity contribution < 1.29 is 0 Å². The molecule has 0 unspecified atom stereocenters. The van der Waals surface area contributed by atoms with Gasteiger partial charge in [0.25, 0.3) is 0 Å². The molecule has 0 nitrogen and oxygen atoms in total. The van der Waals surface area contributed by atoms with Crippen LogP contribution in [-0.2, 0) is 0 Å². The van der Waals surface area contributed by atoms with Gasteiger partial charge in [-0.25, -0.2) is 0 Å². The molecule has 0 aromatic carbocycles. The standard InChI is InChI=1S/C15H25P/c1-11(2)14-9-10-15(12(3)4)16(14)13-7-5-6-8-13/h5-8,11-15H,9-10H2,1-4H3/t14-,15-/m0/s1. The van der Waals surface area contributed by atoms with Crippen molar-refractivity contribution in [2.24, 2.45) is 11.8 Å². The number of allylic oxidation sites excluding steroid dienone is 4. The smallest absolute Gasteiger partial charge is 0.0161 e. The molecular formula is C15H25P. The highest BCUT2D eigenvalue weighted by molar-refractivity contribution is 7.60. The molecule has 1 heterocycles. The van der Waals surface area contributed by atoms with Gasteiger partial charge in [0.2, 0.25) is 0 Å². The van der Waals surface area contributed by atoms with E-state index in [0.29, 0.717) is 0 Å². The van der Waals surface area contributed by atoms with Gasteiger partial charge in [0.1, 0.15) is 0 Å². The van der Waals surface area contributed by atoms with Gasteiger partial charge in [-0.2, -0.15) is 0 Å². The summed E-state index contributed by atoms with van der Waals surface area (Å²) < 4.78 is 0. The summed E-state index contributed by atoms with van der Waals surface area (Å²) >= 11 is 0. The fourth-order valence-corrected chi connectivity index (χ4v) is 7.55. The normalized spacial score (nSPS) is 31.4. The molecule has 2 aliphatic rings. The van der Waals surface area contributed by atoms with Crippen molar-refractivity contribution in [3.63, 3.8) is 0 Å². The van der Waals surface area contributed by atoms with Gasteiger partial charge in [0, 0.05) is 5.66 Å². The maximum Gasteiger partial charge on any atom is 0.0161 e. The molecule has 0 amide bonds. The van der Waals surface area contributed by atoms with Crippen LogP contribution in [0.5, 0.6) is 0 Å². The maximum atomic E-state index is 2.45. The van der Waals surface area contributed by atoms with Gasteiger partial charge in [0.15, 0.2) is 0 Å². The van der Waals surface area contributed by atoms with E-state index in [0.717, 1.165) is 28.8 Å². The van der Waals surface area contributed by atoms with Crippen LogP contribution in [-0.4, -0.2) is 17.0 Å². The minimum Gasteiger partial charge on any atom is -0.0888 e. The first-order valence-corrected chi connectivity index (χ1v) is 8.28. The van der Waals surface area contributed by atoms with Gasteiger partial charge in [-0.1, -0.05) is 59.9 Å². The summed E-state index contributed by atoms with van der Waals surface area (Å²) in [6.45, 7) is 9.69. The zero-order valence-electron chi connectivity index (χ0n) is 11.1. The Morgan fingerprint density at radius 1 is 0.875 bits per heavy atom. The van der Waals surface area contributed by atoms with E-state index in [1.54, 1.807) is 0 Å². The highest BCUT2D eigenvalue weighted by Crippen LogP contribution is 2.64. The zero-order chi connectivity index (χ0) is 11.7. The highest BCUT2D eigenvalue weighted by Gasteiger charge is 2.41. The minimum atomic E-state index is 0.174. The van der Waals surface area contributed by atoms with Crippen LogP contribution >= 0.6 is 7.92 Å². The molecular weight excluding hydrogens is 211 g/mol. The van der Waals surface area contributed by atoms with E-state index in [9.17, 15) is 0 Å². The summed E-state index contributed by atoms with van der Waals surface area (Å²) in [7, 11) is 0.174. The monoisotopic (exact) mass is 236 g/mol. The molecule has 2 rings (SSSR count). The third-order valence-corrected chi connectivity index (χ3v) is 8.41. The molecule has 1 fully saturated rings. The molecule has 90 valence electrons. The van der Waals surface area contributed by atoms with Gasteiger partial charge < -0.3 is 0 Å². The van der Waals surface area contributed by atoms with E-state index in [4.69, 9.17) is 0 Å². The van der Waals surface area contributed by atoms with Crippen molar-refractivity contribution in [2.45, 2.75) is 57.5 Å². The lowest BCUT2D eigenvalue weighted by Gasteiger charge is -2.33. The summed E-state index contributed by atoms with van der Waals surface area (Å²) in [6, 6.07) is 0. The third kappa shape index (κ3) is 2.28. The average molecular weight is 236 g/mol. The maximum absolute atomic E-state index is 2.45. The van der Waals surface area contributed by atoms with E-state index in [2.05, 4.69) is 52.0 Å². The van der Waals surface area contributed by atoms with Gasteiger partial charge in [0.05, 0.1) is 0 Å². The molecule has 1 heteroatoms. The van der Waals surface area contributed by atoms with Gasteiger partial charge in [-0.3, -0.25) is 0 Å². The zero-order valence-corrected chi connectivity index (χ0v) is 12.0. The van der Waals surface area contributed by atoms with E-state index in [-0.39, 0.29) is 7.92 Å². The van der Waals surface area contributed by atoms with Crippen LogP contribution in [0, 0.1) is 11.8 Å². The minimum absolute atomic E-state index is 0.174. The van der Waals surface area contributed by atoms with E-state index in [1.165, 1.54) is 12.8 Å². The SMILES string of the molecule is CC(C)[C@@H]1CC[C@@H](C(C)C)P1C1C=CC=C1.